The van der Waals surface area contributed by atoms with Crippen LogP contribution >= 0.6 is 0 Å². The van der Waals surface area contributed by atoms with Crippen molar-refractivity contribution < 1.29 is 9.05 Å². The SMILES string of the molecule is C[Si](C)(C)O/N=C/C=N/O[Si](C)(C)C. The molecule has 0 rings (SSSR count). The number of hydrogen-bond acceptors (Lipinski definition) is 4. The van der Waals surface area contributed by atoms with E-state index in [1.807, 2.05) is 0 Å². The molecule has 0 fully saturated rings. The van der Waals surface area contributed by atoms with Gasteiger partial charge in [0.2, 0.25) is 0 Å². The van der Waals surface area contributed by atoms with Gasteiger partial charge in [-0.1, -0.05) is 0 Å². The third-order valence-corrected chi connectivity index (χ3v) is 2.15. The van der Waals surface area contributed by atoms with Crippen molar-refractivity contribution in [1.29, 1.82) is 0 Å². The summed E-state index contributed by atoms with van der Waals surface area (Å²) >= 11 is 0. The highest BCUT2D eigenvalue weighted by atomic mass is 28.4. The Morgan fingerprint density at radius 3 is 1.21 bits per heavy atom. The normalized spacial score (nSPS) is 13.9. The highest BCUT2D eigenvalue weighted by Crippen LogP contribution is 2.02. The molecular formula is C8H20N2O2Si2. The number of nitrogens with zero attached hydrogens (tertiary/aromatic N) is 2. The van der Waals surface area contributed by atoms with Gasteiger partial charge in [-0.3, -0.25) is 0 Å². The van der Waals surface area contributed by atoms with Crippen molar-refractivity contribution in [3.8, 4) is 0 Å². The van der Waals surface area contributed by atoms with Crippen LogP contribution in [-0.4, -0.2) is 29.1 Å². The molecule has 0 saturated carbocycles. The molecule has 0 aliphatic rings. The Balaban J connectivity index is 3.73. The van der Waals surface area contributed by atoms with Gasteiger partial charge in [-0.05, 0) is 39.3 Å². The molecule has 0 heterocycles. The van der Waals surface area contributed by atoms with Crippen molar-refractivity contribution in [2.45, 2.75) is 39.3 Å². The zero-order chi connectivity index (χ0) is 11.2. The van der Waals surface area contributed by atoms with Gasteiger partial charge in [0.15, 0.2) is 0 Å². The minimum absolute atomic E-state index is 1.51. The van der Waals surface area contributed by atoms with E-state index in [9.17, 15) is 0 Å². The molecule has 0 amide bonds. The second kappa shape index (κ2) is 5.30. The van der Waals surface area contributed by atoms with E-state index in [0.717, 1.165) is 0 Å². The van der Waals surface area contributed by atoms with Crippen molar-refractivity contribution in [3.63, 3.8) is 0 Å². The van der Waals surface area contributed by atoms with Crippen LogP contribution in [0.15, 0.2) is 10.3 Å². The van der Waals surface area contributed by atoms with Crippen molar-refractivity contribution in [2.24, 2.45) is 10.3 Å². The number of hydrogen-bond donors (Lipinski definition) is 0. The van der Waals surface area contributed by atoms with Crippen LogP contribution in [0.2, 0.25) is 39.3 Å². The molecule has 0 aliphatic carbocycles. The van der Waals surface area contributed by atoms with Crippen LogP contribution in [-0.2, 0) is 9.05 Å². The molecule has 0 atom stereocenters. The minimum Gasteiger partial charge on any atom is -0.456 e. The fraction of sp³-hybridized carbons (Fsp3) is 0.750. The maximum absolute atomic E-state index is 5.23. The molecule has 6 heteroatoms. The van der Waals surface area contributed by atoms with Gasteiger partial charge in [0.05, 0.1) is 12.4 Å². The molecule has 0 N–H and O–H groups in total. The first-order valence-electron chi connectivity index (χ1n) is 4.62. The Bertz CT molecular complexity index is 192. The summed E-state index contributed by atoms with van der Waals surface area (Å²) in [5, 5.41) is 7.57. The number of rotatable bonds is 5. The lowest BCUT2D eigenvalue weighted by Crippen LogP contribution is -2.22. The minimum atomic E-state index is -1.55. The topological polar surface area (TPSA) is 43.2 Å². The molecule has 82 valence electrons. The van der Waals surface area contributed by atoms with Gasteiger partial charge in [-0.25, -0.2) is 0 Å². The van der Waals surface area contributed by atoms with E-state index in [1.165, 1.54) is 12.4 Å². The first-order valence-corrected chi connectivity index (χ1v) is 11.4. The van der Waals surface area contributed by atoms with Crippen molar-refractivity contribution in [3.05, 3.63) is 0 Å². The van der Waals surface area contributed by atoms with Crippen LogP contribution in [0.4, 0.5) is 0 Å². The predicted molar refractivity (Wildman–Crippen MR) is 65.8 cm³/mol. The maximum Gasteiger partial charge on any atom is 0.278 e. The summed E-state index contributed by atoms with van der Waals surface area (Å²) in [7, 11) is -3.09. The first-order chi connectivity index (χ1) is 6.21. The van der Waals surface area contributed by atoms with Gasteiger partial charge in [0, 0.05) is 0 Å². The first kappa shape index (κ1) is 13.4. The molecular weight excluding hydrogens is 212 g/mol. The van der Waals surface area contributed by atoms with Gasteiger partial charge < -0.3 is 9.05 Å². The molecule has 0 radical (unpaired) electrons. The zero-order valence-electron chi connectivity index (χ0n) is 9.87. The average Bonchev–Trinajstić information content (AvgIpc) is 1.92. The summed E-state index contributed by atoms with van der Waals surface area (Å²) in [4.78, 5) is 0. The van der Waals surface area contributed by atoms with Gasteiger partial charge in [0.1, 0.15) is 0 Å². The molecule has 0 spiro atoms. The third-order valence-electron chi connectivity index (χ3n) is 0.842. The molecule has 0 saturated heterocycles. The van der Waals surface area contributed by atoms with Gasteiger partial charge >= 0.3 is 0 Å². The van der Waals surface area contributed by atoms with Crippen LogP contribution in [0, 0.1) is 0 Å². The van der Waals surface area contributed by atoms with Crippen LogP contribution in [0.1, 0.15) is 0 Å². The smallest absolute Gasteiger partial charge is 0.278 e. The lowest BCUT2D eigenvalue weighted by Gasteiger charge is -2.12. The second-order valence-corrected chi connectivity index (χ2v) is 13.7. The monoisotopic (exact) mass is 232 g/mol. The lowest BCUT2D eigenvalue weighted by atomic mass is 10.8. The van der Waals surface area contributed by atoms with Crippen LogP contribution in [0.3, 0.4) is 0 Å². The summed E-state index contributed by atoms with van der Waals surface area (Å²) < 4.78 is 10.5. The Kier molecular flexibility index (Phi) is 5.07. The largest absolute Gasteiger partial charge is 0.456 e. The van der Waals surface area contributed by atoms with E-state index in [1.54, 1.807) is 0 Å². The fourth-order valence-electron chi connectivity index (χ4n) is 0.432. The van der Waals surface area contributed by atoms with E-state index >= 15 is 0 Å². The molecule has 0 unspecified atom stereocenters. The molecule has 0 bridgehead atoms. The van der Waals surface area contributed by atoms with Gasteiger partial charge in [-0.15, -0.1) is 10.3 Å². The van der Waals surface area contributed by atoms with E-state index < -0.39 is 16.6 Å². The Morgan fingerprint density at radius 1 is 0.714 bits per heavy atom. The third kappa shape index (κ3) is 11.4. The molecule has 0 aromatic heterocycles. The molecule has 0 aromatic carbocycles. The highest BCUT2D eigenvalue weighted by Gasteiger charge is 2.15. The van der Waals surface area contributed by atoms with Gasteiger partial charge in [-0.2, -0.15) is 0 Å². The van der Waals surface area contributed by atoms with E-state index in [4.69, 9.17) is 9.05 Å². The van der Waals surface area contributed by atoms with E-state index in [-0.39, 0.29) is 0 Å². The summed E-state index contributed by atoms with van der Waals surface area (Å²) in [5.74, 6) is 0. The Morgan fingerprint density at radius 2 is 1.00 bits per heavy atom. The summed E-state index contributed by atoms with van der Waals surface area (Å²) in [5.41, 5.74) is 0. The Hall–Kier alpha value is -0.626. The summed E-state index contributed by atoms with van der Waals surface area (Å²) in [6.07, 6.45) is 3.02. The summed E-state index contributed by atoms with van der Waals surface area (Å²) in [6.45, 7) is 12.4. The molecule has 0 aliphatic heterocycles. The van der Waals surface area contributed by atoms with Crippen LogP contribution in [0.5, 0.6) is 0 Å². The van der Waals surface area contributed by atoms with Crippen LogP contribution in [0.25, 0.3) is 0 Å². The second-order valence-electron chi connectivity index (χ2n) is 4.92. The Labute approximate surface area is 88.2 Å². The average molecular weight is 232 g/mol. The highest BCUT2D eigenvalue weighted by molar-refractivity contribution is 6.70. The van der Waals surface area contributed by atoms with Crippen molar-refractivity contribution in [2.75, 3.05) is 0 Å². The van der Waals surface area contributed by atoms with E-state index in [2.05, 4.69) is 49.6 Å². The molecule has 4 nitrogen and oxygen atoms in total. The van der Waals surface area contributed by atoms with Gasteiger partial charge in [0.25, 0.3) is 16.6 Å². The number of oxime groups is 2. The molecule has 14 heavy (non-hydrogen) atoms. The molecule has 0 aromatic rings. The van der Waals surface area contributed by atoms with E-state index in [0.29, 0.717) is 0 Å². The fourth-order valence-corrected chi connectivity index (χ4v) is 1.19. The quantitative estimate of drug-likeness (QED) is 0.415. The summed E-state index contributed by atoms with van der Waals surface area (Å²) in [6, 6.07) is 0. The van der Waals surface area contributed by atoms with Crippen molar-refractivity contribution in [1.82, 2.24) is 0 Å². The van der Waals surface area contributed by atoms with Crippen LogP contribution < -0.4 is 0 Å². The maximum atomic E-state index is 5.23. The zero-order valence-corrected chi connectivity index (χ0v) is 11.9. The van der Waals surface area contributed by atoms with Crippen molar-refractivity contribution >= 4 is 29.1 Å². The predicted octanol–water partition coefficient (Wildman–Crippen LogP) is 2.66. The lowest BCUT2D eigenvalue weighted by molar-refractivity contribution is 0.334. The standard InChI is InChI=1S/C8H20N2O2Si2/c1-13(2,3)11-9-7-8-10-12-14(4,5)6/h7-8H,1-6H3/b9-7+,10-8+.